The highest BCUT2D eigenvalue weighted by Gasteiger charge is 2.22. The Bertz CT molecular complexity index is 923. The number of nitrogens with zero attached hydrogens (tertiary/aromatic N) is 2. The van der Waals surface area contributed by atoms with Crippen molar-refractivity contribution in [1.29, 1.82) is 0 Å². The fourth-order valence-electron chi connectivity index (χ4n) is 3.55. The number of fused-ring (bicyclic) bond motifs is 1. The van der Waals surface area contributed by atoms with E-state index in [1.807, 2.05) is 22.9 Å². The molecule has 1 aromatic heterocycles. The van der Waals surface area contributed by atoms with E-state index >= 15 is 0 Å². The predicted octanol–water partition coefficient (Wildman–Crippen LogP) is 4.61. The Balaban J connectivity index is 1.90. The Morgan fingerprint density at radius 3 is 2.33 bits per heavy atom. The zero-order valence-electron chi connectivity index (χ0n) is 16.1. The van der Waals surface area contributed by atoms with Crippen molar-refractivity contribution in [2.45, 2.75) is 26.2 Å². The Morgan fingerprint density at radius 2 is 1.67 bits per heavy atom. The first kappa shape index (κ1) is 17.5. The van der Waals surface area contributed by atoms with Gasteiger partial charge >= 0.3 is 0 Å². The molecule has 5 nitrogen and oxygen atoms in total. The number of aryl methyl sites for hydroxylation is 1. The molecule has 0 bridgehead atoms. The second-order valence-electron chi connectivity index (χ2n) is 6.91. The van der Waals surface area contributed by atoms with Crippen LogP contribution in [0.1, 0.15) is 24.0 Å². The molecule has 1 N–H and O–H groups in total. The number of aromatic nitrogens is 2. The number of nitrogens with one attached hydrogen (secondary N) is 1. The minimum absolute atomic E-state index is 0.768. The van der Waals surface area contributed by atoms with E-state index in [-0.39, 0.29) is 0 Å². The van der Waals surface area contributed by atoms with Crippen LogP contribution in [0.15, 0.2) is 42.5 Å². The summed E-state index contributed by atoms with van der Waals surface area (Å²) in [5, 5.41) is 8.59. The van der Waals surface area contributed by atoms with Crippen LogP contribution in [0.25, 0.3) is 16.9 Å². The lowest BCUT2D eigenvalue weighted by atomic mass is 10.0. The standard InChI is InChI=1S/C22H25N3O2/c1-15-7-9-17(10-8-15)25-22-20(6-4-5-11-23-22)21(24-25)16-12-18(26-2)14-19(13-16)27-3/h7-10,12-14,23H,4-6,11H2,1-3H3. The summed E-state index contributed by atoms with van der Waals surface area (Å²) >= 11 is 0. The van der Waals surface area contributed by atoms with Crippen molar-refractivity contribution in [3.05, 3.63) is 53.6 Å². The molecule has 4 rings (SSSR count). The molecule has 0 atom stereocenters. The monoisotopic (exact) mass is 363 g/mol. The van der Waals surface area contributed by atoms with Crippen molar-refractivity contribution in [3.63, 3.8) is 0 Å². The van der Waals surface area contributed by atoms with Crippen molar-refractivity contribution in [1.82, 2.24) is 9.78 Å². The van der Waals surface area contributed by atoms with E-state index in [2.05, 4.69) is 36.5 Å². The highest BCUT2D eigenvalue weighted by Crippen LogP contribution is 2.37. The van der Waals surface area contributed by atoms with E-state index in [1.54, 1.807) is 14.2 Å². The SMILES string of the molecule is COc1cc(OC)cc(-c2nn(-c3ccc(C)cc3)c3c2CCCCN3)c1. The number of anilines is 1. The summed E-state index contributed by atoms with van der Waals surface area (Å²) in [4.78, 5) is 0. The van der Waals surface area contributed by atoms with Crippen LogP contribution in [0.3, 0.4) is 0 Å². The van der Waals surface area contributed by atoms with Gasteiger partial charge < -0.3 is 14.8 Å². The third-order valence-corrected chi connectivity index (χ3v) is 5.03. The van der Waals surface area contributed by atoms with Crippen LogP contribution >= 0.6 is 0 Å². The molecule has 2 heterocycles. The average Bonchev–Trinajstić information content (AvgIpc) is 2.89. The molecule has 1 aliphatic heterocycles. The Morgan fingerprint density at radius 1 is 0.963 bits per heavy atom. The Labute approximate surface area is 159 Å². The zero-order valence-corrected chi connectivity index (χ0v) is 16.1. The lowest BCUT2D eigenvalue weighted by Gasteiger charge is -2.09. The van der Waals surface area contributed by atoms with E-state index in [1.165, 1.54) is 11.1 Å². The van der Waals surface area contributed by atoms with Gasteiger partial charge in [0.1, 0.15) is 17.3 Å². The lowest BCUT2D eigenvalue weighted by molar-refractivity contribution is 0.394. The quantitative estimate of drug-likeness (QED) is 0.735. The van der Waals surface area contributed by atoms with Gasteiger partial charge in [-0.1, -0.05) is 17.7 Å². The van der Waals surface area contributed by atoms with E-state index in [0.717, 1.165) is 60.1 Å². The van der Waals surface area contributed by atoms with E-state index < -0.39 is 0 Å². The molecule has 0 saturated heterocycles. The maximum absolute atomic E-state index is 5.46. The molecular formula is C22H25N3O2. The van der Waals surface area contributed by atoms with Gasteiger partial charge in [0.15, 0.2) is 0 Å². The molecule has 5 heteroatoms. The molecule has 140 valence electrons. The molecule has 0 unspecified atom stereocenters. The molecule has 3 aromatic rings. The number of hydrogen-bond acceptors (Lipinski definition) is 4. The number of methoxy groups -OCH3 is 2. The van der Waals surface area contributed by atoms with Gasteiger partial charge in [-0.05, 0) is 50.5 Å². The first-order valence-corrected chi connectivity index (χ1v) is 9.36. The van der Waals surface area contributed by atoms with E-state index in [9.17, 15) is 0 Å². The van der Waals surface area contributed by atoms with Gasteiger partial charge in [-0.15, -0.1) is 0 Å². The molecule has 0 fully saturated rings. The third-order valence-electron chi connectivity index (χ3n) is 5.03. The van der Waals surface area contributed by atoms with Crippen LogP contribution in [-0.4, -0.2) is 30.5 Å². The van der Waals surface area contributed by atoms with Crippen LogP contribution in [0, 0.1) is 6.92 Å². The van der Waals surface area contributed by atoms with Crippen molar-refractivity contribution in [2.75, 3.05) is 26.1 Å². The summed E-state index contributed by atoms with van der Waals surface area (Å²) in [6, 6.07) is 14.4. The number of rotatable bonds is 4. The first-order valence-electron chi connectivity index (χ1n) is 9.36. The van der Waals surface area contributed by atoms with Gasteiger partial charge in [0.2, 0.25) is 0 Å². The molecule has 1 aliphatic rings. The molecule has 27 heavy (non-hydrogen) atoms. The van der Waals surface area contributed by atoms with Crippen molar-refractivity contribution in [2.24, 2.45) is 0 Å². The van der Waals surface area contributed by atoms with Gasteiger partial charge in [0.25, 0.3) is 0 Å². The molecule has 0 amide bonds. The van der Waals surface area contributed by atoms with Crippen molar-refractivity contribution >= 4 is 5.82 Å². The maximum atomic E-state index is 5.46. The molecule has 0 saturated carbocycles. The topological polar surface area (TPSA) is 48.3 Å². The van der Waals surface area contributed by atoms with Gasteiger partial charge in [-0.2, -0.15) is 5.10 Å². The zero-order chi connectivity index (χ0) is 18.8. The van der Waals surface area contributed by atoms with Crippen LogP contribution < -0.4 is 14.8 Å². The number of ether oxygens (including phenoxy) is 2. The minimum atomic E-state index is 0.768. The average molecular weight is 363 g/mol. The fourth-order valence-corrected chi connectivity index (χ4v) is 3.55. The molecule has 0 spiro atoms. The molecule has 0 radical (unpaired) electrons. The summed E-state index contributed by atoms with van der Waals surface area (Å²) in [7, 11) is 3.34. The smallest absolute Gasteiger partial charge is 0.133 e. The Kier molecular flexibility index (Phi) is 4.75. The fraction of sp³-hybridized carbons (Fsp3) is 0.318. The third kappa shape index (κ3) is 3.37. The van der Waals surface area contributed by atoms with Crippen LogP contribution in [0.4, 0.5) is 5.82 Å². The second kappa shape index (κ2) is 7.35. The summed E-state index contributed by atoms with van der Waals surface area (Å²) < 4.78 is 13.0. The summed E-state index contributed by atoms with van der Waals surface area (Å²) in [5.41, 5.74) is 5.55. The van der Waals surface area contributed by atoms with E-state index in [4.69, 9.17) is 14.6 Å². The van der Waals surface area contributed by atoms with Crippen molar-refractivity contribution in [3.8, 4) is 28.4 Å². The highest BCUT2D eigenvalue weighted by atomic mass is 16.5. The van der Waals surface area contributed by atoms with Crippen molar-refractivity contribution < 1.29 is 9.47 Å². The van der Waals surface area contributed by atoms with Gasteiger partial charge in [-0.3, -0.25) is 0 Å². The predicted molar refractivity (Wildman–Crippen MR) is 108 cm³/mol. The maximum Gasteiger partial charge on any atom is 0.133 e. The lowest BCUT2D eigenvalue weighted by Crippen LogP contribution is -2.07. The molecule has 2 aromatic carbocycles. The van der Waals surface area contributed by atoms with Gasteiger partial charge in [0.05, 0.1) is 25.6 Å². The summed E-state index contributed by atoms with van der Waals surface area (Å²) in [6.07, 6.45) is 3.31. The van der Waals surface area contributed by atoms with Crippen LogP contribution in [-0.2, 0) is 6.42 Å². The minimum Gasteiger partial charge on any atom is -0.497 e. The largest absolute Gasteiger partial charge is 0.497 e. The normalized spacial score (nSPS) is 13.4. The van der Waals surface area contributed by atoms with Crippen LogP contribution in [0.5, 0.6) is 11.5 Å². The van der Waals surface area contributed by atoms with Gasteiger partial charge in [-0.25, -0.2) is 4.68 Å². The second-order valence-corrected chi connectivity index (χ2v) is 6.91. The van der Waals surface area contributed by atoms with E-state index in [0.29, 0.717) is 0 Å². The number of hydrogen-bond donors (Lipinski definition) is 1. The highest BCUT2D eigenvalue weighted by molar-refractivity contribution is 5.73. The Hall–Kier alpha value is -2.95. The summed E-state index contributed by atoms with van der Waals surface area (Å²) in [6.45, 7) is 3.06. The summed E-state index contributed by atoms with van der Waals surface area (Å²) in [5.74, 6) is 2.63. The van der Waals surface area contributed by atoms with Gasteiger partial charge in [0, 0.05) is 23.7 Å². The molecular weight excluding hydrogens is 338 g/mol. The first-order chi connectivity index (χ1) is 13.2. The number of benzene rings is 2. The van der Waals surface area contributed by atoms with Crippen LogP contribution in [0.2, 0.25) is 0 Å². The molecule has 0 aliphatic carbocycles.